The third kappa shape index (κ3) is 4.95. The van der Waals surface area contributed by atoms with Crippen molar-refractivity contribution in [1.29, 1.82) is 0 Å². The van der Waals surface area contributed by atoms with Crippen molar-refractivity contribution in [2.45, 2.75) is 18.7 Å². The third-order valence-corrected chi connectivity index (χ3v) is 3.07. The van der Waals surface area contributed by atoms with Crippen LogP contribution in [0.3, 0.4) is 0 Å². The highest BCUT2D eigenvalue weighted by Gasteiger charge is 2.07. The molecule has 4 nitrogen and oxygen atoms in total. The lowest BCUT2D eigenvalue weighted by Gasteiger charge is -2.03. The SMILES string of the molecule is C=CNC1=NC=CC1=C(C)C.O=S([O-])c1ccccc1. The molecule has 1 aliphatic rings. The number of hydrogen-bond donors (Lipinski definition) is 1. The topological polar surface area (TPSA) is 64.5 Å². The van der Waals surface area contributed by atoms with Crippen LogP contribution >= 0.6 is 0 Å². The summed E-state index contributed by atoms with van der Waals surface area (Å²) in [6.45, 7) is 7.70. The summed E-state index contributed by atoms with van der Waals surface area (Å²) in [5, 5.41) is 2.97. The molecule has 1 N–H and O–H groups in total. The van der Waals surface area contributed by atoms with Crippen LogP contribution < -0.4 is 5.32 Å². The van der Waals surface area contributed by atoms with Gasteiger partial charge in [0.15, 0.2) is 0 Å². The molecule has 0 aromatic heterocycles. The van der Waals surface area contributed by atoms with Gasteiger partial charge >= 0.3 is 0 Å². The zero-order valence-corrected chi connectivity index (χ0v) is 12.3. The van der Waals surface area contributed by atoms with Gasteiger partial charge in [-0.3, -0.25) is 4.21 Å². The van der Waals surface area contributed by atoms with Crippen molar-refractivity contribution in [2.24, 2.45) is 4.99 Å². The maximum atomic E-state index is 10.2. The van der Waals surface area contributed by atoms with E-state index in [2.05, 4.69) is 30.7 Å². The van der Waals surface area contributed by atoms with Crippen LogP contribution in [-0.2, 0) is 11.1 Å². The van der Waals surface area contributed by atoms with E-state index in [4.69, 9.17) is 0 Å². The molecule has 1 aromatic carbocycles. The van der Waals surface area contributed by atoms with Gasteiger partial charge in [-0.25, -0.2) is 4.99 Å². The van der Waals surface area contributed by atoms with Gasteiger partial charge < -0.3 is 9.87 Å². The molecular weight excluding hydrogens is 272 g/mol. The molecule has 0 spiro atoms. The van der Waals surface area contributed by atoms with Crippen LogP contribution in [0.15, 0.2) is 76.4 Å². The highest BCUT2D eigenvalue weighted by atomic mass is 32.2. The van der Waals surface area contributed by atoms with Gasteiger partial charge in [-0.1, -0.05) is 30.4 Å². The van der Waals surface area contributed by atoms with Crippen molar-refractivity contribution in [2.75, 3.05) is 0 Å². The fourth-order valence-corrected chi connectivity index (χ4v) is 1.86. The fourth-order valence-electron chi connectivity index (χ4n) is 1.48. The second-order valence-electron chi connectivity index (χ2n) is 4.10. The molecule has 0 bridgehead atoms. The molecule has 20 heavy (non-hydrogen) atoms. The lowest BCUT2D eigenvalue weighted by atomic mass is 10.1. The Morgan fingerprint density at radius 1 is 1.35 bits per heavy atom. The summed E-state index contributed by atoms with van der Waals surface area (Å²) in [4.78, 5) is 4.46. The lowest BCUT2D eigenvalue weighted by molar-refractivity contribution is 0.537. The number of nitrogens with zero attached hydrogens (tertiary/aromatic N) is 1. The van der Waals surface area contributed by atoms with Crippen molar-refractivity contribution < 1.29 is 8.76 Å². The van der Waals surface area contributed by atoms with Gasteiger partial charge in [-0.2, -0.15) is 0 Å². The number of nitrogens with one attached hydrogen (secondary N) is 1. The Morgan fingerprint density at radius 2 is 2.00 bits per heavy atom. The van der Waals surface area contributed by atoms with Gasteiger partial charge in [-0.05, 0) is 49.3 Å². The normalized spacial score (nSPS) is 13.9. The third-order valence-electron chi connectivity index (χ3n) is 2.41. The first-order valence-electron chi connectivity index (χ1n) is 6.00. The summed E-state index contributed by atoms with van der Waals surface area (Å²) in [6.07, 6.45) is 5.41. The quantitative estimate of drug-likeness (QED) is 0.851. The van der Waals surface area contributed by atoms with E-state index in [9.17, 15) is 8.76 Å². The average Bonchev–Trinajstić information content (AvgIpc) is 2.89. The minimum atomic E-state index is -2.08. The molecule has 0 aliphatic carbocycles. The van der Waals surface area contributed by atoms with Crippen LogP contribution in [0.5, 0.6) is 0 Å². The molecule has 2 rings (SSSR count). The number of benzene rings is 1. The van der Waals surface area contributed by atoms with Crippen LogP contribution in [0, 0.1) is 0 Å². The first-order chi connectivity index (χ1) is 9.56. The van der Waals surface area contributed by atoms with Gasteiger partial charge in [0.25, 0.3) is 0 Å². The second kappa shape index (κ2) is 8.24. The summed E-state index contributed by atoms with van der Waals surface area (Å²) >= 11 is -2.08. The zero-order valence-electron chi connectivity index (χ0n) is 11.5. The Morgan fingerprint density at radius 3 is 2.45 bits per heavy atom. The summed E-state index contributed by atoms with van der Waals surface area (Å²) in [5.74, 6) is 0.889. The molecule has 1 atom stereocenters. The van der Waals surface area contributed by atoms with Gasteiger partial charge in [0.2, 0.25) is 0 Å². The summed E-state index contributed by atoms with van der Waals surface area (Å²) in [6, 6.07) is 8.23. The molecule has 0 saturated heterocycles. The van der Waals surface area contributed by atoms with E-state index in [0.29, 0.717) is 4.90 Å². The smallest absolute Gasteiger partial charge is 0.137 e. The largest absolute Gasteiger partial charge is 0.768 e. The maximum Gasteiger partial charge on any atom is 0.137 e. The molecule has 1 heterocycles. The van der Waals surface area contributed by atoms with E-state index < -0.39 is 11.1 Å². The average molecular weight is 289 g/mol. The molecule has 1 aliphatic heterocycles. The second-order valence-corrected chi connectivity index (χ2v) is 5.04. The Balaban J connectivity index is 0.000000204. The minimum absolute atomic E-state index is 0.331. The van der Waals surface area contributed by atoms with Crippen LogP contribution in [0.2, 0.25) is 0 Å². The van der Waals surface area contributed by atoms with Crippen molar-refractivity contribution >= 4 is 16.9 Å². The summed E-state index contributed by atoms with van der Waals surface area (Å²) < 4.78 is 20.4. The molecule has 0 amide bonds. The Kier molecular flexibility index (Phi) is 6.63. The highest BCUT2D eigenvalue weighted by molar-refractivity contribution is 7.79. The van der Waals surface area contributed by atoms with E-state index in [0.717, 1.165) is 11.4 Å². The van der Waals surface area contributed by atoms with Crippen molar-refractivity contribution in [3.8, 4) is 0 Å². The minimum Gasteiger partial charge on any atom is -0.768 e. The van der Waals surface area contributed by atoms with Crippen molar-refractivity contribution in [3.63, 3.8) is 0 Å². The molecule has 5 heteroatoms. The van der Waals surface area contributed by atoms with E-state index in [1.807, 2.05) is 6.08 Å². The van der Waals surface area contributed by atoms with E-state index in [1.54, 1.807) is 42.7 Å². The maximum absolute atomic E-state index is 10.2. The van der Waals surface area contributed by atoms with Crippen LogP contribution in [0.25, 0.3) is 0 Å². The van der Waals surface area contributed by atoms with Gasteiger partial charge in [0.05, 0.1) is 0 Å². The molecule has 1 unspecified atom stereocenters. The summed E-state index contributed by atoms with van der Waals surface area (Å²) in [5.41, 5.74) is 2.41. The first-order valence-corrected chi connectivity index (χ1v) is 7.07. The number of rotatable bonds is 2. The predicted octanol–water partition coefficient (Wildman–Crippen LogP) is 2.91. The highest BCUT2D eigenvalue weighted by Crippen LogP contribution is 2.11. The van der Waals surface area contributed by atoms with Crippen molar-refractivity contribution in [1.82, 2.24) is 5.32 Å². The molecule has 106 valence electrons. The monoisotopic (exact) mass is 289 g/mol. The number of hydrogen-bond acceptors (Lipinski definition) is 4. The Hall–Kier alpha value is -1.98. The van der Waals surface area contributed by atoms with Gasteiger partial charge in [0.1, 0.15) is 5.84 Å². The zero-order chi connectivity index (χ0) is 15.0. The molecule has 0 fully saturated rings. The lowest BCUT2D eigenvalue weighted by Crippen LogP contribution is -2.16. The van der Waals surface area contributed by atoms with Crippen LogP contribution in [0.1, 0.15) is 13.8 Å². The van der Waals surface area contributed by atoms with E-state index in [1.165, 1.54) is 5.57 Å². The number of aliphatic imine (C=N–C) groups is 1. The predicted molar refractivity (Wildman–Crippen MR) is 81.9 cm³/mol. The van der Waals surface area contributed by atoms with Gasteiger partial charge in [-0.15, -0.1) is 0 Å². The molecule has 1 aromatic rings. The molecule has 0 saturated carbocycles. The van der Waals surface area contributed by atoms with Crippen molar-refractivity contribution in [3.05, 3.63) is 66.5 Å². The Bertz CT molecular complexity index is 571. The molecular formula is C15H17N2O2S-. The first kappa shape index (κ1) is 16.1. The molecule has 0 radical (unpaired) electrons. The number of allylic oxidation sites excluding steroid dienone is 1. The van der Waals surface area contributed by atoms with E-state index >= 15 is 0 Å². The van der Waals surface area contributed by atoms with Crippen LogP contribution in [-0.4, -0.2) is 14.6 Å². The number of amidine groups is 1. The fraction of sp³-hybridized carbons (Fsp3) is 0.133. The standard InChI is InChI=1S/C9H12N2.C6H6O2S/c1-4-10-9-8(7(2)3)5-6-11-9;7-9(8)6-4-2-1-3-5-6/h4-6H,1H2,2-3H3,(H,10,11);1-5H,(H,7,8)/p-1. The van der Waals surface area contributed by atoms with Gasteiger partial charge in [0, 0.05) is 16.7 Å². The van der Waals surface area contributed by atoms with Crippen LogP contribution in [0.4, 0.5) is 0 Å². The Labute approximate surface area is 121 Å². The van der Waals surface area contributed by atoms with E-state index in [-0.39, 0.29) is 0 Å². The summed E-state index contributed by atoms with van der Waals surface area (Å²) in [7, 11) is 0.